The van der Waals surface area contributed by atoms with E-state index in [4.69, 9.17) is 9.47 Å². The number of allylic oxidation sites excluding steroid dienone is 1. The molecule has 0 radical (unpaired) electrons. The van der Waals surface area contributed by atoms with E-state index >= 15 is 0 Å². The zero-order valence-corrected chi connectivity index (χ0v) is 22.4. The van der Waals surface area contributed by atoms with Crippen LogP contribution in [0.2, 0.25) is 0 Å². The molecule has 0 spiro atoms. The summed E-state index contributed by atoms with van der Waals surface area (Å²) in [6.45, 7) is 6.55. The summed E-state index contributed by atoms with van der Waals surface area (Å²) in [4.78, 5) is 14.2. The summed E-state index contributed by atoms with van der Waals surface area (Å²) < 4.78 is 95.0. The number of rotatable bonds is 6. The van der Waals surface area contributed by atoms with Gasteiger partial charge in [0.05, 0.1) is 18.7 Å². The maximum Gasteiger partial charge on any atom is 0.416 e. The monoisotopic (exact) mass is 555 g/mol. The number of cyclic esters (lactones) is 1. The Kier molecular flexibility index (Phi) is 7.71. The van der Waals surface area contributed by atoms with Crippen LogP contribution in [0.4, 0.5) is 31.1 Å². The highest BCUT2D eigenvalue weighted by molar-refractivity contribution is 5.77. The second kappa shape index (κ2) is 10.4. The van der Waals surface area contributed by atoms with Crippen LogP contribution in [0.25, 0.3) is 5.57 Å². The number of ether oxygens (including phenoxy) is 2. The van der Waals surface area contributed by atoms with E-state index in [1.165, 1.54) is 31.1 Å². The highest BCUT2D eigenvalue weighted by Gasteiger charge is 2.44. The van der Waals surface area contributed by atoms with Crippen molar-refractivity contribution in [2.45, 2.75) is 77.1 Å². The smallest absolute Gasteiger partial charge is 0.416 e. The number of nitrogens with zero attached hydrogens (tertiary/aromatic N) is 1. The molecule has 1 aliphatic carbocycles. The molecule has 2 atom stereocenters. The van der Waals surface area contributed by atoms with Crippen LogP contribution in [0.5, 0.6) is 5.75 Å². The van der Waals surface area contributed by atoms with Crippen LogP contribution in [0.15, 0.2) is 35.9 Å². The predicted molar refractivity (Wildman–Crippen MR) is 134 cm³/mol. The van der Waals surface area contributed by atoms with Crippen LogP contribution in [0.3, 0.4) is 0 Å². The Morgan fingerprint density at radius 3 is 2.46 bits per heavy atom. The largest absolute Gasteiger partial charge is 0.496 e. The van der Waals surface area contributed by atoms with Crippen LogP contribution in [0.1, 0.15) is 79.9 Å². The quantitative estimate of drug-likeness (QED) is 0.336. The minimum atomic E-state index is -4.58. The van der Waals surface area contributed by atoms with E-state index in [1.807, 2.05) is 13.8 Å². The number of amides is 1. The molecule has 4 rings (SSSR count). The Morgan fingerprint density at radius 2 is 1.85 bits per heavy atom. The van der Waals surface area contributed by atoms with Crippen LogP contribution in [0, 0.1) is 12.7 Å². The Bertz CT molecular complexity index is 1300. The normalized spacial score (nSPS) is 21.5. The minimum absolute atomic E-state index is 0.0185. The van der Waals surface area contributed by atoms with Gasteiger partial charge in [0.2, 0.25) is 0 Å². The van der Waals surface area contributed by atoms with Crippen molar-refractivity contribution in [1.29, 1.82) is 0 Å². The molecule has 1 heterocycles. The number of hydrogen-bond acceptors (Lipinski definition) is 3. The zero-order valence-electron chi connectivity index (χ0n) is 22.4. The van der Waals surface area contributed by atoms with Crippen LogP contribution < -0.4 is 4.74 Å². The molecule has 212 valence electrons. The summed E-state index contributed by atoms with van der Waals surface area (Å²) in [6, 6.07) is 5.58. The third-order valence-electron chi connectivity index (χ3n) is 7.41. The third-order valence-corrected chi connectivity index (χ3v) is 7.41. The second-order valence-corrected chi connectivity index (χ2v) is 10.6. The first-order valence-electron chi connectivity index (χ1n) is 12.7. The van der Waals surface area contributed by atoms with Gasteiger partial charge in [0.25, 0.3) is 5.92 Å². The van der Waals surface area contributed by atoms with E-state index < -0.39 is 54.6 Å². The molecule has 0 unspecified atom stereocenters. The lowest BCUT2D eigenvalue weighted by Crippen LogP contribution is -2.36. The fraction of sp³-hybridized carbons (Fsp3) is 0.483. The van der Waals surface area contributed by atoms with Gasteiger partial charge in [-0.2, -0.15) is 13.2 Å². The van der Waals surface area contributed by atoms with Crippen LogP contribution in [-0.4, -0.2) is 36.6 Å². The molecule has 4 nitrogen and oxygen atoms in total. The average Bonchev–Trinajstić information content (AvgIpc) is 3.11. The van der Waals surface area contributed by atoms with E-state index in [0.29, 0.717) is 22.3 Å². The average molecular weight is 556 g/mol. The maximum atomic E-state index is 14.7. The Morgan fingerprint density at radius 1 is 1.15 bits per heavy atom. The van der Waals surface area contributed by atoms with Gasteiger partial charge in [0.15, 0.2) is 0 Å². The summed E-state index contributed by atoms with van der Waals surface area (Å²) in [7, 11) is 1.37. The number of halogens is 6. The van der Waals surface area contributed by atoms with Gasteiger partial charge in [0.1, 0.15) is 17.7 Å². The van der Waals surface area contributed by atoms with Gasteiger partial charge in [-0.15, -0.1) is 0 Å². The summed E-state index contributed by atoms with van der Waals surface area (Å²) in [5.74, 6) is -3.46. The van der Waals surface area contributed by atoms with E-state index in [9.17, 15) is 31.1 Å². The second-order valence-electron chi connectivity index (χ2n) is 10.6. The molecule has 2 aromatic rings. The van der Waals surface area contributed by atoms with Crippen molar-refractivity contribution >= 4 is 11.7 Å². The first-order chi connectivity index (χ1) is 18.1. The number of alkyl halides is 5. The predicted octanol–water partition coefficient (Wildman–Crippen LogP) is 8.44. The fourth-order valence-electron chi connectivity index (χ4n) is 5.39. The van der Waals surface area contributed by atoms with Crippen molar-refractivity contribution in [2.24, 2.45) is 0 Å². The summed E-state index contributed by atoms with van der Waals surface area (Å²) in [5.41, 5.74) is 1.37. The number of methoxy groups -OCH3 is 1. The minimum Gasteiger partial charge on any atom is -0.496 e. The van der Waals surface area contributed by atoms with Gasteiger partial charge in [0, 0.05) is 31.0 Å². The first-order valence-corrected chi connectivity index (χ1v) is 12.7. The maximum absolute atomic E-state index is 14.7. The lowest BCUT2D eigenvalue weighted by atomic mass is 9.83. The van der Waals surface area contributed by atoms with Gasteiger partial charge in [-0.05, 0) is 66.7 Å². The lowest BCUT2D eigenvalue weighted by Gasteiger charge is -2.31. The van der Waals surface area contributed by atoms with E-state index in [2.05, 4.69) is 0 Å². The molecule has 0 N–H and O–H groups in total. The van der Waals surface area contributed by atoms with Gasteiger partial charge < -0.3 is 9.47 Å². The molecule has 1 aliphatic heterocycles. The number of carbonyl (C=O) groups excluding carboxylic acids is 1. The molecule has 10 heteroatoms. The van der Waals surface area contributed by atoms with E-state index in [1.54, 1.807) is 13.0 Å². The molecule has 0 bridgehead atoms. The topological polar surface area (TPSA) is 38.8 Å². The Labute approximate surface area is 223 Å². The Balaban J connectivity index is 1.74. The Hall–Kier alpha value is -3.17. The van der Waals surface area contributed by atoms with Gasteiger partial charge in [-0.1, -0.05) is 25.5 Å². The van der Waals surface area contributed by atoms with Crippen molar-refractivity contribution in [3.05, 3.63) is 69.5 Å². The van der Waals surface area contributed by atoms with E-state index in [-0.39, 0.29) is 35.8 Å². The third kappa shape index (κ3) is 5.89. The van der Waals surface area contributed by atoms with Gasteiger partial charge in [-0.25, -0.2) is 18.0 Å². The van der Waals surface area contributed by atoms with Crippen molar-refractivity contribution in [3.63, 3.8) is 0 Å². The highest BCUT2D eigenvalue weighted by atomic mass is 19.4. The zero-order chi connectivity index (χ0) is 28.9. The van der Waals surface area contributed by atoms with E-state index in [0.717, 1.165) is 12.1 Å². The number of aryl methyl sites for hydroxylation is 1. The van der Waals surface area contributed by atoms with Crippen molar-refractivity contribution in [2.75, 3.05) is 13.7 Å². The molecule has 39 heavy (non-hydrogen) atoms. The van der Waals surface area contributed by atoms with Gasteiger partial charge in [-0.3, -0.25) is 4.90 Å². The summed E-state index contributed by atoms with van der Waals surface area (Å²) in [6.07, 6.45) is -7.46. The lowest BCUT2D eigenvalue weighted by molar-refractivity contribution is -0.137. The number of benzene rings is 2. The molecule has 1 amide bonds. The fourth-order valence-corrected chi connectivity index (χ4v) is 5.39. The number of carbonyl (C=O) groups is 1. The molecule has 0 aromatic heterocycles. The van der Waals surface area contributed by atoms with Crippen molar-refractivity contribution < 1.29 is 40.6 Å². The van der Waals surface area contributed by atoms with Gasteiger partial charge >= 0.3 is 12.3 Å². The summed E-state index contributed by atoms with van der Waals surface area (Å²) >= 11 is 0. The molecule has 0 saturated carbocycles. The summed E-state index contributed by atoms with van der Waals surface area (Å²) in [5, 5.41) is 0. The van der Waals surface area contributed by atoms with Crippen molar-refractivity contribution in [1.82, 2.24) is 4.90 Å². The van der Waals surface area contributed by atoms with Crippen molar-refractivity contribution in [3.8, 4) is 5.75 Å². The molecular weight excluding hydrogens is 524 g/mol. The molecule has 1 fully saturated rings. The standard InChI is InChI=1S/C29H31F6NO3/c1-15(2)22-11-23(25(38-5)12-24(22)30)21-6-7-28(31,32)13-19(21)14-36-17(4)26(39-27(36)37)18-8-16(3)9-20(10-18)29(33,34)35/h8-12,15,17,26H,6-7,13-14H2,1-5H3/t17-,26-/m0/s1. The molecule has 1 saturated heterocycles. The highest BCUT2D eigenvalue weighted by Crippen LogP contribution is 2.46. The first kappa shape index (κ1) is 28.8. The number of hydrogen-bond donors (Lipinski definition) is 0. The SMILES string of the molecule is COc1cc(F)c(C(C)C)cc1C1=C(CN2C(=O)O[C@H](c3cc(C)cc(C(F)(F)F)c3)[C@@H]2C)CC(F)(F)CC1. The molecule has 2 aliphatic rings. The molecular formula is C29H31F6NO3. The molecule has 2 aromatic carbocycles. The van der Waals surface area contributed by atoms with Crippen LogP contribution in [-0.2, 0) is 10.9 Å². The van der Waals surface area contributed by atoms with Crippen LogP contribution >= 0.6 is 0 Å².